The summed E-state index contributed by atoms with van der Waals surface area (Å²) in [6.45, 7) is 11.3. The van der Waals surface area contributed by atoms with E-state index in [1.807, 2.05) is 19.1 Å². The molecule has 0 spiro atoms. The molecule has 0 radical (unpaired) electrons. The quantitative estimate of drug-likeness (QED) is 0.814. The average Bonchev–Trinajstić information content (AvgIpc) is 2.91. The van der Waals surface area contributed by atoms with Crippen molar-refractivity contribution in [3.63, 3.8) is 0 Å². The van der Waals surface area contributed by atoms with Crippen molar-refractivity contribution in [1.82, 2.24) is 9.88 Å². The Morgan fingerprint density at radius 1 is 1.07 bits per heavy atom. The average molecular weight is 368 g/mol. The maximum Gasteiger partial charge on any atom is 0.272 e. The number of hydrogen-bond donors (Lipinski definition) is 2. The van der Waals surface area contributed by atoms with Gasteiger partial charge in [0, 0.05) is 48.8 Å². The monoisotopic (exact) mass is 368 g/mol. The van der Waals surface area contributed by atoms with E-state index in [0.29, 0.717) is 16.8 Å². The van der Waals surface area contributed by atoms with Crippen LogP contribution in [0.25, 0.3) is 0 Å². The molecule has 1 aliphatic rings. The molecule has 2 N–H and O–H groups in total. The summed E-state index contributed by atoms with van der Waals surface area (Å²) in [5.74, 6) is -0.262. The predicted octanol–water partition coefficient (Wildman–Crippen LogP) is 3.15. The van der Waals surface area contributed by atoms with Crippen LogP contribution in [0.2, 0.25) is 0 Å². The van der Waals surface area contributed by atoms with Crippen molar-refractivity contribution in [2.75, 3.05) is 43.4 Å². The Kier molecular flexibility index (Phi) is 5.37. The fourth-order valence-corrected chi connectivity index (χ4v) is 3.83. The van der Waals surface area contributed by atoms with E-state index in [1.54, 1.807) is 6.92 Å². The molecule has 6 heteroatoms. The SMILES string of the molecule is CC(=O)c1c(C)[nH]c(C(=O)Nc2ccc(N3CCN(C)CC3)c(C)c2)c1C. The number of aromatic nitrogens is 1. The van der Waals surface area contributed by atoms with Gasteiger partial charge in [-0.1, -0.05) is 0 Å². The van der Waals surface area contributed by atoms with Crippen LogP contribution in [0.1, 0.15) is 44.6 Å². The Labute approximate surface area is 160 Å². The van der Waals surface area contributed by atoms with Crippen LogP contribution in [-0.2, 0) is 0 Å². The van der Waals surface area contributed by atoms with E-state index in [2.05, 4.69) is 40.1 Å². The summed E-state index contributed by atoms with van der Waals surface area (Å²) in [5.41, 5.74) is 5.58. The Hall–Kier alpha value is -2.60. The third kappa shape index (κ3) is 3.90. The summed E-state index contributed by atoms with van der Waals surface area (Å²) in [6.07, 6.45) is 0. The lowest BCUT2D eigenvalue weighted by molar-refractivity contribution is 0.101. The maximum absolute atomic E-state index is 12.7. The largest absolute Gasteiger partial charge is 0.369 e. The van der Waals surface area contributed by atoms with Crippen molar-refractivity contribution in [2.45, 2.75) is 27.7 Å². The maximum atomic E-state index is 12.7. The van der Waals surface area contributed by atoms with Crippen molar-refractivity contribution in [3.8, 4) is 0 Å². The number of H-pyrrole nitrogens is 1. The number of anilines is 2. The van der Waals surface area contributed by atoms with Crippen LogP contribution >= 0.6 is 0 Å². The molecule has 0 saturated carbocycles. The molecule has 1 aromatic carbocycles. The third-order valence-electron chi connectivity index (χ3n) is 5.32. The topological polar surface area (TPSA) is 68.4 Å². The molecule has 2 aromatic rings. The van der Waals surface area contributed by atoms with E-state index >= 15 is 0 Å². The molecule has 1 aliphatic heterocycles. The fraction of sp³-hybridized carbons (Fsp3) is 0.429. The lowest BCUT2D eigenvalue weighted by Crippen LogP contribution is -2.44. The first-order chi connectivity index (χ1) is 12.8. The second kappa shape index (κ2) is 7.56. The predicted molar refractivity (Wildman–Crippen MR) is 109 cm³/mol. The highest BCUT2D eigenvalue weighted by atomic mass is 16.2. The summed E-state index contributed by atoms with van der Waals surface area (Å²) in [6, 6.07) is 6.02. The molecule has 0 bridgehead atoms. The number of carbonyl (C=O) groups excluding carboxylic acids is 2. The van der Waals surface area contributed by atoms with Crippen LogP contribution in [-0.4, -0.2) is 54.8 Å². The van der Waals surface area contributed by atoms with Gasteiger partial charge in [0.15, 0.2) is 5.78 Å². The van der Waals surface area contributed by atoms with Crippen molar-refractivity contribution < 1.29 is 9.59 Å². The number of carbonyl (C=O) groups is 2. The lowest BCUT2D eigenvalue weighted by Gasteiger charge is -2.35. The van der Waals surface area contributed by atoms with Gasteiger partial charge in [-0.15, -0.1) is 0 Å². The highest BCUT2D eigenvalue weighted by Crippen LogP contribution is 2.25. The zero-order valence-corrected chi connectivity index (χ0v) is 16.8. The molecule has 1 fully saturated rings. The van der Waals surface area contributed by atoms with Crippen LogP contribution in [0.4, 0.5) is 11.4 Å². The van der Waals surface area contributed by atoms with Crippen molar-refractivity contribution in [1.29, 1.82) is 0 Å². The van der Waals surface area contributed by atoms with E-state index in [-0.39, 0.29) is 11.7 Å². The summed E-state index contributed by atoms with van der Waals surface area (Å²) < 4.78 is 0. The summed E-state index contributed by atoms with van der Waals surface area (Å²) in [7, 11) is 2.14. The first kappa shape index (κ1) is 19.2. The van der Waals surface area contributed by atoms with Crippen LogP contribution in [0.3, 0.4) is 0 Å². The van der Waals surface area contributed by atoms with Gasteiger partial charge in [0.2, 0.25) is 0 Å². The van der Waals surface area contributed by atoms with E-state index in [0.717, 1.165) is 43.1 Å². The zero-order chi connectivity index (χ0) is 19.7. The molecule has 3 rings (SSSR count). The minimum atomic E-state index is -0.227. The number of nitrogens with zero attached hydrogens (tertiary/aromatic N) is 2. The first-order valence-corrected chi connectivity index (χ1v) is 9.33. The number of hydrogen-bond acceptors (Lipinski definition) is 4. The van der Waals surface area contributed by atoms with Gasteiger partial charge in [-0.25, -0.2) is 0 Å². The second-order valence-electron chi connectivity index (χ2n) is 7.43. The van der Waals surface area contributed by atoms with Gasteiger partial charge < -0.3 is 20.1 Å². The molecule has 0 unspecified atom stereocenters. The number of amides is 1. The van der Waals surface area contributed by atoms with Gasteiger partial charge in [0.1, 0.15) is 5.69 Å². The highest BCUT2D eigenvalue weighted by Gasteiger charge is 2.20. The smallest absolute Gasteiger partial charge is 0.272 e. The van der Waals surface area contributed by atoms with Crippen molar-refractivity contribution >= 4 is 23.1 Å². The summed E-state index contributed by atoms with van der Waals surface area (Å²) in [4.78, 5) is 32.2. The number of aryl methyl sites for hydroxylation is 2. The van der Waals surface area contributed by atoms with E-state index in [9.17, 15) is 9.59 Å². The van der Waals surface area contributed by atoms with Gasteiger partial charge in [-0.05, 0) is 64.1 Å². The normalized spacial score (nSPS) is 15.1. The minimum absolute atomic E-state index is 0.0346. The number of rotatable bonds is 4. The Morgan fingerprint density at radius 3 is 2.30 bits per heavy atom. The number of likely N-dealkylation sites (N-methyl/N-ethyl adjacent to an activating group) is 1. The molecule has 144 valence electrons. The molecule has 1 saturated heterocycles. The first-order valence-electron chi connectivity index (χ1n) is 9.33. The Morgan fingerprint density at radius 2 is 1.74 bits per heavy atom. The van der Waals surface area contributed by atoms with Crippen LogP contribution in [0.5, 0.6) is 0 Å². The van der Waals surface area contributed by atoms with Gasteiger partial charge in [-0.3, -0.25) is 9.59 Å². The summed E-state index contributed by atoms with van der Waals surface area (Å²) >= 11 is 0. The van der Waals surface area contributed by atoms with E-state index in [4.69, 9.17) is 0 Å². The molecule has 0 aliphatic carbocycles. The number of benzene rings is 1. The lowest BCUT2D eigenvalue weighted by atomic mass is 10.1. The number of aromatic amines is 1. The summed E-state index contributed by atoms with van der Waals surface area (Å²) in [5, 5.41) is 2.95. The molecule has 0 atom stereocenters. The number of nitrogens with one attached hydrogen (secondary N) is 2. The fourth-order valence-electron chi connectivity index (χ4n) is 3.83. The van der Waals surface area contributed by atoms with Crippen molar-refractivity contribution in [2.24, 2.45) is 0 Å². The van der Waals surface area contributed by atoms with Gasteiger partial charge in [0.25, 0.3) is 5.91 Å². The number of ketones is 1. The molecule has 6 nitrogen and oxygen atoms in total. The Balaban J connectivity index is 1.76. The molecule has 1 amide bonds. The minimum Gasteiger partial charge on any atom is -0.369 e. The van der Waals surface area contributed by atoms with Crippen LogP contribution in [0.15, 0.2) is 18.2 Å². The van der Waals surface area contributed by atoms with Gasteiger partial charge in [-0.2, -0.15) is 0 Å². The standard InChI is InChI=1S/C21H28N4O2/c1-13-12-17(6-7-18(13)25-10-8-24(5)9-11-25)23-21(27)20-14(2)19(16(4)26)15(3)22-20/h6-7,12,22H,8-11H2,1-5H3,(H,23,27). The zero-order valence-electron chi connectivity index (χ0n) is 16.8. The van der Waals surface area contributed by atoms with Crippen LogP contribution in [0, 0.1) is 20.8 Å². The van der Waals surface area contributed by atoms with Gasteiger partial charge >= 0.3 is 0 Å². The third-order valence-corrected chi connectivity index (χ3v) is 5.32. The van der Waals surface area contributed by atoms with Crippen molar-refractivity contribution in [3.05, 3.63) is 46.3 Å². The molecule has 2 heterocycles. The molecular formula is C21H28N4O2. The number of piperazine rings is 1. The van der Waals surface area contributed by atoms with E-state index in [1.165, 1.54) is 12.6 Å². The molecule has 27 heavy (non-hydrogen) atoms. The van der Waals surface area contributed by atoms with E-state index < -0.39 is 0 Å². The second-order valence-corrected chi connectivity index (χ2v) is 7.43. The Bertz CT molecular complexity index is 877. The number of Topliss-reactive ketones (excluding diaryl/α,β-unsaturated/α-hetero) is 1. The highest BCUT2D eigenvalue weighted by molar-refractivity contribution is 6.07. The molecule has 1 aromatic heterocycles. The van der Waals surface area contributed by atoms with Crippen LogP contribution < -0.4 is 10.2 Å². The van der Waals surface area contributed by atoms with Gasteiger partial charge in [0.05, 0.1) is 0 Å². The molecular weight excluding hydrogens is 340 g/mol.